The van der Waals surface area contributed by atoms with Gasteiger partial charge in [0.2, 0.25) is 0 Å². The van der Waals surface area contributed by atoms with Gasteiger partial charge in [-0.15, -0.1) is 0 Å². The number of ether oxygens (including phenoxy) is 2. The summed E-state index contributed by atoms with van der Waals surface area (Å²) in [6, 6.07) is 0. The molecule has 9 heteroatoms. The highest BCUT2D eigenvalue weighted by Gasteiger charge is 2.89. The van der Waals surface area contributed by atoms with E-state index in [0.29, 0.717) is 6.42 Å². The monoisotopic (exact) mass is 452 g/mol. The van der Waals surface area contributed by atoms with E-state index in [1.807, 2.05) is 0 Å². The fourth-order valence-corrected chi connectivity index (χ4v) is 6.90. The van der Waals surface area contributed by atoms with E-state index in [1.54, 1.807) is 12.2 Å². The average molecular weight is 453 g/mol. The molecule has 0 aromatic carbocycles. The maximum atomic E-state index is 12.6. The van der Waals surface area contributed by atoms with E-state index in [9.17, 15) is 29.4 Å². The van der Waals surface area contributed by atoms with Crippen LogP contribution in [0.15, 0.2) is 33.9 Å². The summed E-state index contributed by atoms with van der Waals surface area (Å²) < 4.78 is 9.89. The summed E-state index contributed by atoms with van der Waals surface area (Å²) in [4.78, 5) is 50.2. The lowest BCUT2D eigenvalue weighted by atomic mass is 9.32. The maximum absolute atomic E-state index is 12.6. The van der Waals surface area contributed by atoms with E-state index in [2.05, 4.69) is 15.9 Å². The molecule has 0 saturated heterocycles. The van der Waals surface area contributed by atoms with Crippen LogP contribution in [0.25, 0.3) is 0 Å². The molecule has 28 heavy (non-hydrogen) atoms. The van der Waals surface area contributed by atoms with Gasteiger partial charge in [-0.25, -0.2) is 9.59 Å². The second-order valence-corrected chi connectivity index (χ2v) is 8.34. The van der Waals surface area contributed by atoms with Gasteiger partial charge in [-0.05, 0) is 24.3 Å². The lowest BCUT2D eigenvalue weighted by Gasteiger charge is -2.66. The molecule has 0 spiro atoms. The summed E-state index contributed by atoms with van der Waals surface area (Å²) in [7, 11) is 2.34. The van der Waals surface area contributed by atoms with Crippen LogP contribution in [0.5, 0.6) is 0 Å². The maximum Gasteiger partial charge on any atom is 0.335 e. The molecule has 2 saturated carbocycles. The zero-order valence-electron chi connectivity index (χ0n) is 15.0. The van der Waals surface area contributed by atoms with Gasteiger partial charge in [-0.3, -0.25) is 9.59 Å². The van der Waals surface area contributed by atoms with Crippen molar-refractivity contribution in [1.82, 2.24) is 0 Å². The molecule has 0 aliphatic heterocycles. The van der Waals surface area contributed by atoms with E-state index < -0.39 is 58.4 Å². The van der Waals surface area contributed by atoms with Crippen LogP contribution in [0, 0.1) is 34.5 Å². The first-order chi connectivity index (χ1) is 13.2. The fraction of sp³-hybridized carbons (Fsp3) is 0.474. The van der Waals surface area contributed by atoms with Crippen molar-refractivity contribution in [3.8, 4) is 0 Å². The third-order valence-corrected chi connectivity index (χ3v) is 7.63. The van der Waals surface area contributed by atoms with Gasteiger partial charge >= 0.3 is 23.9 Å². The number of esters is 2. The zero-order valence-corrected chi connectivity index (χ0v) is 16.6. The SMILES string of the molecule is COC(=O)C1=CC(Br)=C(C(=O)OC)[C@H]2[C@@H]1[C@@]1(C(=O)O)[C@@H]3C=C[C@@H](C3)[C@@]21C(=O)O. The quantitative estimate of drug-likeness (QED) is 0.485. The second-order valence-electron chi connectivity index (χ2n) is 7.48. The number of carboxylic acid groups (broad SMARTS) is 2. The lowest BCUT2D eigenvalue weighted by molar-refractivity contribution is -0.226. The Bertz CT molecular complexity index is 930. The van der Waals surface area contributed by atoms with Gasteiger partial charge in [0.05, 0.1) is 30.6 Å². The van der Waals surface area contributed by atoms with Crippen molar-refractivity contribution in [2.75, 3.05) is 14.2 Å². The standard InChI is InChI=1S/C19H17BrO8/c1-27-14(21)9-6-10(20)11(15(22)28-2)13-12(9)18(16(23)24)7-3-4-8(5-7)19(13,18)17(25)26/h3-4,6-8,12-13H,5H2,1-2H3,(H,23,24)(H,25,26)/t7-,8+,12-,13+,18-,19+/m1/s1. The van der Waals surface area contributed by atoms with Crippen LogP contribution in [-0.2, 0) is 28.7 Å². The Kier molecular flexibility index (Phi) is 3.91. The lowest BCUT2D eigenvalue weighted by Crippen LogP contribution is -2.75. The molecule has 0 aromatic rings. The molecule has 4 aliphatic rings. The van der Waals surface area contributed by atoms with Crippen LogP contribution in [-0.4, -0.2) is 48.3 Å². The largest absolute Gasteiger partial charge is 0.481 e. The van der Waals surface area contributed by atoms with E-state index in [0.717, 1.165) is 0 Å². The molecule has 0 unspecified atom stereocenters. The minimum Gasteiger partial charge on any atom is -0.481 e. The minimum atomic E-state index is -1.75. The van der Waals surface area contributed by atoms with Gasteiger partial charge in [0.25, 0.3) is 0 Å². The van der Waals surface area contributed by atoms with Crippen LogP contribution < -0.4 is 0 Å². The molecule has 0 heterocycles. The van der Waals surface area contributed by atoms with Crippen molar-refractivity contribution in [2.45, 2.75) is 6.42 Å². The number of fused-ring (bicyclic) bond motifs is 8. The van der Waals surface area contributed by atoms with Crippen LogP contribution in [0.4, 0.5) is 0 Å². The summed E-state index contributed by atoms with van der Waals surface area (Å²) in [5.41, 5.74) is -3.40. The predicted octanol–water partition coefficient (Wildman–Crippen LogP) is 1.52. The topological polar surface area (TPSA) is 127 Å². The third kappa shape index (κ3) is 1.72. The molecule has 8 nitrogen and oxygen atoms in total. The first-order valence-electron chi connectivity index (χ1n) is 8.64. The van der Waals surface area contributed by atoms with Gasteiger partial charge in [0, 0.05) is 21.9 Å². The minimum absolute atomic E-state index is 0.0420. The molecule has 0 amide bonds. The Morgan fingerprint density at radius 3 is 1.93 bits per heavy atom. The fourth-order valence-electron chi connectivity index (χ4n) is 6.24. The van der Waals surface area contributed by atoms with E-state index in [4.69, 9.17) is 9.47 Å². The molecule has 4 rings (SSSR count). The van der Waals surface area contributed by atoms with Crippen molar-refractivity contribution in [3.63, 3.8) is 0 Å². The first kappa shape index (κ1) is 18.9. The van der Waals surface area contributed by atoms with Gasteiger partial charge in [0.1, 0.15) is 0 Å². The molecule has 2 fully saturated rings. The number of carbonyl (C=O) groups excluding carboxylic acids is 2. The Labute approximate surface area is 168 Å². The molecule has 148 valence electrons. The summed E-state index contributed by atoms with van der Waals surface area (Å²) in [5.74, 6) is -7.24. The van der Waals surface area contributed by atoms with Gasteiger partial charge in [-0.1, -0.05) is 28.1 Å². The number of halogens is 1. The molecule has 0 aromatic heterocycles. The number of hydrogen-bond acceptors (Lipinski definition) is 6. The molecule has 2 N–H and O–H groups in total. The molecular formula is C19H17BrO8. The van der Waals surface area contributed by atoms with Gasteiger partial charge in [-0.2, -0.15) is 0 Å². The van der Waals surface area contributed by atoms with Crippen molar-refractivity contribution in [3.05, 3.63) is 33.9 Å². The van der Waals surface area contributed by atoms with Crippen LogP contribution >= 0.6 is 15.9 Å². The summed E-state index contributed by atoms with van der Waals surface area (Å²) >= 11 is 3.25. The molecular weight excluding hydrogens is 436 g/mol. The molecule has 0 radical (unpaired) electrons. The molecule has 6 atom stereocenters. The number of carbonyl (C=O) groups is 4. The van der Waals surface area contributed by atoms with Crippen molar-refractivity contribution in [1.29, 1.82) is 0 Å². The number of rotatable bonds is 4. The van der Waals surface area contributed by atoms with E-state index >= 15 is 0 Å². The Morgan fingerprint density at radius 1 is 0.964 bits per heavy atom. The number of allylic oxidation sites excluding steroid dienone is 4. The number of methoxy groups -OCH3 is 2. The van der Waals surface area contributed by atoms with E-state index in [-0.39, 0.29) is 15.6 Å². The van der Waals surface area contributed by atoms with Crippen molar-refractivity contribution < 1.29 is 38.9 Å². The van der Waals surface area contributed by atoms with Crippen molar-refractivity contribution >= 4 is 39.8 Å². The number of hydrogen-bond donors (Lipinski definition) is 2. The van der Waals surface area contributed by atoms with Crippen LogP contribution in [0.2, 0.25) is 0 Å². The van der Waals surface area contributed by atoms with Gasteiger partial charge < -0.3 is 19.7 Å². The molecule has 4 aliphatic carbocycles. The van der Waals surface area contributed by atoms with Crippen LogP contribution in [0.3, 0.4) is 0 Å². The smallest absolute Gasteiger partial charge is 0.335 e. The highest BCUT2D eigenvalue weighted by atomic mass is 79.9. The van der Waals surface area contributed by atoms with Crippen LogP contribution in [0.1, 0.15) is 6.42 Å². The Morgan fingerprint density at radius 2 is 1.46 bits per heavy atom. The number of aliphatic carboxylic acids is 2. The average Bonchev–Trinajstić information content (AvgIpc) is 3.19. The molecule has 2 bridgehead atoms. The summed E-state index contributed by atoms with van der Waals surface area (Å²) in [6.07, 6.45) is 5.13. The van der Waals surface area contributed by atoms with E-state index in [1.165, 1.54) is 20.3 Å². The highest BCUT2D eigenvalue weighted by molar-refractivity contribution is 9.12. The third-order valence-electron chi connectivity index (χ3n) is 6.97. The second kappa shape index (κ2) is 5.79. The first-order valence-corrected chi connectivity index (χ1v) is 9.43. The normalized spacial score (nSPS) is 39.5. The van der Waals surface area contributed by atoms with Gasteiger partial charge in [0.15, 0.2) is 0 Å². The summed E-state index contributed by atoms with van der Waals surface area (Å²) in [5, 5.41) is 20.6. The Balaban J connectivity index is 2.06. The predicted molar refractivity (Wildman–Crippen MR) is 95.9 cm³/mol. The number of carboxylic acids is 2. The zero-order chi connectivity index (χ0) is 20.6. The Hall–Kier alpha value is -2.42. The van der Waals surface area contributed by atoms with Crippen molar-refractivity contribution in [2.24, 2.45) is 34.5 Å². The highest BCUT2D eigenvalue weighted by Crippen LogP contribution is 2.82. The summed E-state index contributed by atoms with van der Waals surface area (Å²) in [6.45, 7) is 0.